The molecule has 0 radical (unpaired) electrons. The zero-order valence-corrected chi connectivity index (χ0v) is 10.4. The monoisotopic (exact) mass is 256 g/mol. The lowest BCUT2D eigenvalue weighted by atomic mass is 10.4. The first-order chi connectivity index (χ1) is 7.98. The average molecular weight is 256 g/mol. The third-order valence-electron chi connectivity index (χ3n) is 2.09. The normalized spacial score (nSPS) is 11.6. The maximum atomic E-state index is 12.2. The van der Waals surface area contributed by atoms with E-state index in [1.165, 1.54) is 22.8 Å². The number of pyridine rings is 1. The summed E-state index contributed by atoms with van der Waals surface area (Å²) in [5.74, 6) is -0.175. The maximum Gasteiger partial charge on any atom is 0.245 e. The van der Waals surface area contributed by atoms with Gasteiger partial charge in [-0.2, -0.15) is 4.31 Å². The molecule has 1 aromatic rings. The molecule has 1 rings (SSSR count). The third-order valence-corrected chi connectivity index (χ3v) is 3.92. The number of hydrogen-bond donors (Lipinski definition) is 2. The van der Waals surface area contributed by atoms with E-state index in [1.807, 2.05) is 6.92 Å². The summed E-state index contributed by atoms with van der Waals surface area (Å²) in [4.78, 5) is 3.90. The Morgan fingerprint density at radius 2 is 2.29 bits per heavy atom. The second-order valence-corrected chi connectivity index (χ2v) is 5.49. The summed E-state index contributed by atoms with van der Waals surface area (Å²) < 4.78 is 25.6. The number of rotatable bonds is 6. The topological polar surface area (TPSA) is 100 Å². The van der Waals surface area contributed by atoms with Gasteiger partial charge in [0.25, 0.3) is 0 Å². The largest absolute Gasteiger partial charge is 0.387 e. The standard InChI is InChI=1S/C10H16N4O2S/c1-2-6-14(8-10(11)12)17(15,16)9-4-3-5-13-7-9/h3-5,7H,2,6,8H2,1H3,(H3,11,12). The minimum atomic E-state index is -3.61. The Morgan fingerprint density at radius 3 is 2.76 bits per heavy atom. The van der Waals surface area contributed by atoms with Gasteiger partial charge in [-0.25, -0.2) is 8.42 Å². The lowest BCUT2D eigenvalue weighted by Gasteiger charge is -2.20. The van der Waals surface area contributed by atoms with Gasteiger partial charge in [-0.1, -0.05) is 6.92 Å². The van der Waals surface area contributed by atoms with E-state index in [0.717, 1.165) is 0 Å². The molecule has 0 aromatic carbocycles. The summed E-state index contributed by atoms with van der Waals surface area (Å²) in [7, 11) is -3.61. The van der Waals surface area contributed by atoms with Crippen LogP contribution in [0, 0.1) is 5.41 Å². The first-order valence-corrected chi connectivity index (χ1v) is 6.65. The highest BCUT2D eigenvalue weighted by atomic mass is 32.2. The number of nitrogens with two attached hydrogens (primary N) is 1. The predicted octanol–water partition coefficient (Wildman–Crippen LogP) is 0.418. The van der Waals surface area contributed by atoms with Crippen molar-refractivity contribution in [2.45, 2.75) is 18.2 Å². The van der Waals surface area contributed by atoms with Gasteiger partial charge in [-0.15, -0.1) is 0 Å². The van der Waals surface area contributed by atoms with Crippen molar-refractivity contribution < 1.29 is 8.42 Å². The van der Waals surface area contributed by atoms with Crippen molar-refractivity contribution in [3.63, 3.8) is 0 Å². The smallest absolute Gasteiger partial charge is 0.245 e. The molecule has 0 aliphatic rings. The van der Waals surface area contributed by atoms with Crippen LogP contribution in [0.5, 0.6) is 0 Å². The Hall–Kier alpha value is -1.47. The molecule has 1 aromatic heterocycles. The maximum absolute atomic E-state index is 12.2. The van der Waals surface area contributed by atoms with E-state index >= 15 is 0 Å². The highest BCUT2D eigenvalue weighted by molar-refractivity contribution is 7.89. The van der Waals surface area contributed by atoms with Crippen molar-refractivity contribution >= 4 is 15.9 Å². The van der Waals surface area contributed by atoms with Crippen molar-refractivity contribution in [3.8, 4) is 0 Å². The molecule has 7 heteroatoms. The van der Waals surface area contributed by atoms with Gasteiger partial charge in [0.15, 0.2) is 0 Å². The Morgan fingerprint density at radius 1 is 1.59 bits per heavy atom. The van der Waals surface area contributed by atoms with E-state index in [1.54, 1.807) is 6.07 Å². The van der Waals surface area contributed by atoms with E-state index < -0.39 is 10.0 Å². The van der Waals surface area contributed by atoms with E-state index in [4.69, 9.17) is 11.1 Å². The van der Waals surface area contributed by atoms with Crippen LogP contribution >= 0.6 is 0 Å². The number of aromatic nitrogens is 1. The van der Waals surface area contributed by atoms with Gasteiger partial charge in [-0.3, -0.25) is 10.4 Å². The number of sulfonamides is 1. The quantitative estimate of drug-likeness (QED) is 0.569. The van der Waals surface area contributed by atoms with Crippen molar-refractivity contribution in [1.82, 2.24) is 9.29 Å². The highest BCUT2D eigenvalue weighted by Crippen LogP contribution is 2.13. The summed E-state index contributed by atoms with van der Waals surface area (Å²) in [5.41, 5.74) is 5.26. The number of hydrogen-bond acceptors (Lipinski definition) is 4. The van der Waals surface area contributed by atoms with E-state index in [-0.39, 0.29) is 17.3 Å². The van der Waals surface area contributed by atoms with E-state index in [2.05, 4.69) is 4.98 Å². The molecule has 6 nitrogen and oxygen atoms in total. The van der Waals surface area contributed by atoms with Crippen molar-refractivity contribution in [2.75, 3.05) is 13.1 Å². The number of nitrogens with zero attached hydrogens (tertiary/aromatic N) is 2. The molecule has 17 heavy (non-hydrogen) atoms. The lowest BCUT2D eigenvalue weighted by molar-refractivity contribution is 0.447. The lowest BCUT2D eigenvalue weighted by Crippen LogP contribution is -2.38. The number of nitrogens with one attached hydrogen (secondary N) is 1. The highest BCUT2D eigenvalue weighted by Gasteiger charge is 2.24. The molecule has 1 heterocycles. The summed E-state index contributed by atoms with van der Waals surface area (Å²) >= 11 is 0. The van der Waals surface area contributed by atoms with E-state index in [9.17, 15) is 8.42 Å². The fraction of sp³-hybridized carbons (Fsp3) is 0.400. The molecule has 0 aliphatic carbocycles. The van der Waals surface area contributed by atoms with Crippen LogP contribution in [-0.2, 0) is 10.0 Å². The summed E-state index contributed by atoms with van der Waals surface area (Å²) in [5, 5.41) is 7.20. The van der Waals surface area contributed by atoms with Gasteiger partial charge in [-0.05, 0) is 18.6 Å². The van der Waals surface area contributed by atoms with Gasteiger partial charge in [0, 0.05) is 18.9 Å². The van der Waals surface area contributed by atoms with Crippen LogP contribution in [-0.4, -0.2) is 36.6 Å². The SMILES string of the molecule is CCCN(CC(=N)N)S(=O)(=O)c1cccnc1. The molecule has 0 aliphatic heterocycles. The Labute approximate surface area is 101 Å². The Balaban J connectivity index is 3.04. The second kappa shape index (κ2) is 5.74. The van der Waals surface area contributed by atoms with Crippen molar-refractivity contribution in [3.05, 3.63) is 24.5 Å². The fourth-order valence-corrected chi connectivity index (χ4v) is 2.85. The molecule has 3 N–H and O–H groups in total. The Bertz CT molecular complexity index is 472. The van der Waals surface area contributed by atoms with Gasteiger partial charge in [0.2, 0.25) is 10.0 Å². The van der Waals surface area contributed by atoms with Crippen molar-refractivity contribution in [1.29, 1.82) is 5.41 Å². The molecule has 0 atom stereocenters. The van der Waals surface area contributed by atoms with Crippen LogP contribution in [0.4, 0.5) is 0 Å². The predicted molar refractivity (Wildman–Crippen MR) is 65.2 cm³/mol. The first kappa shape index (κ1) is 13.6. The molecule has 0 saturated heterocycles. The van der Waals surface area contributed by atoms with Gasteiger partial charge < -0.3 is 5.73 Å². The summed E-state index contributed by atoms with van der Waals surface area (Å²) in [6.45, 7) is 2.10. The molecule has 0 unspecified atom stereocenters. The first-order valence-electron chi connectivity index (χ1n) is 5.21. The van der Waals surface area contributed by atoms with Crippen LogP contribution < -0.4 is 5.73 Å². The molecule has 0 bridgehead atoms. The van der Waals surface area contributed by atoms with Crippen molar-refractivity contribution in [2.24, 2.45) is 5.73 Å². The van der Waals surface area contributed by atoms with Crippen LogP contribution in [0.2, 0.25) is 0 Å². The van der Waals surface area contributed by atoms with Crippen LogP contribution in [0.1, 0.15) is 13.3 Å². The molecule has 0 saturated carbocycles. The van der Waals surface area contributed by atoms with Crippen LogP contribution in [0.15, 0.2) is 29.4 Å². The molecule has 0 spiro atoms. The minimum Gasteiger partial charge on any atom is -0.387 e. The molecule has 0 amide bonds. The van der Waals surface area contributed by atoms with Crippen LogP contribution in [0.3, 0.4) is 0 Å². The molecule has 0 fully saturated rings. The zero-order valence-electron chi connectivity index (χ0n) is 9.63. The zero-order chi connectivity index (χ0) is 12.9. The number of amidine groups is 1. The second-order valence-electron chi connectivity index (χ2n) is 3.55. The van der Waals surface area contributed by atoms with E-state index in [0.29, 0.717) is 13.0 Å². The fourth-order valence-electron chi connectivity index (χ4n) is 1.37. The summed E-state index contributed by atoms with van der Waals surface area (Å²) in [6.07, 6.45) is 3.46. The molecular formula is C10H16N4O2S. The summed E-state index contributed by atoms with van der Waals surface area (Å²) in [6, 6.07) is 3.04. The molecule has 94 valence electrons. The Kier molecular flexibility index (Phi) is 4.59. The van der Waals surface area contributed by atoms with Crippen LogP contribution in [0.25, 0.3) is 0 Å². The van der Waals surface area contributed by atoms with Gasteiger partial charge >= 0.3 is 0 Å². The van der Waals surface area contributed by atoms with Gasteiger partial charge in [0.05, 0.1) is 6.54 Å². The minimum absolute atomic E-state index is 0.0922. The third kappa shape index (κ3) is 3.50. The average Bonchev–Trinajstić information content (AvgIpc) is 2.29. The molecular weight excluding hydrogens is 240 g/mol. The van der Waals surface area contributed by atoms with Gasteiger partial charge in [0.1, 0.15) is 10.7 Å².